The zero-order chi connectivity index (χ0) is 30.2. The number of rotatable bonds is 8. The van der Waals surface area contributed by atoms with Crippen LogP contribution >= 0.6 is 0 Å². The molecule has 0 bridgehead atoms. The Hall–Kier alpha value is -5.39. The Kier molecular flexibility index (Phi) is 7.18. The molecule has 1 heterocycles. The molecule has 6 rings (SSSR count). The van der Waals surface area contributed by atoms with E-state index in [0.717, 1.165) is 53.4 Å². The number of carbonyl (C=O) groups is 3. The quantitative estimate of drug-likeness (QED) is 0.193. The predicted molar refractivity (Wildman–Crippen MR) is 157 cm³/mol. The highest BCUT2D eigenvalue weighted by Gasteiger charge is 2.27. The highest BCUT2D eigenvalue weighted by Crippen LogP contribution is 2.34. The van der Waals surface area contributed by atoms with Crippen molar-refractivity contribution in [1.82, 2.24) is 20.6 Å². The summed E-state index contributed by atoms with van der Waals surface area (Å²) < 4.78 is 0. The van der Waals surface area contributed by atoms with Gasteiger partial charge >= 0.3 is 5.97 Å². The molecule has 0 aliphatic heterocycles. The first-order chi connectivity index (χ1) is 20.7. The molecule has 12 heteroatoms. The Morgan fingerprint density at radius 1 is 0.860 bits per heavy atom. The van der Waals surface area contributed by atoms with Gasteiger partial charge in [0.1, 0.15) is 29.1 Å². The van der Waals surface area contributed by atoms with Crippen LogP contribution in [0.2, 0.25) is 0 Å². The molecule has 1 unspecified atom stereocenters. The van der Waals surface area contributed by atoms with Crippen molar-refractivity contribution in [1.29, 1.82) is 0 Å². The number of aryl methyl sites for hydroxylation is 2. The number of carboxylic acids is 1. The van der Waals surface area contributed by atoms with Crippen molar-refractivity contribution in [2.45, 2.75) is 50.7 Å². The van der Waals surface area contributed by atoms with Crippen LogP contribution in [-0.2, 0) is 19.4 Å². The van der Waals surface area contributed by atoms with Gasteiger partial charge in [-0.3, -0.25) is 19.2 Å². The van der Waals surface area contributed by atoms with Crippen LogP contribution in [0.5, 0.6) is 0 Å². The molecule has 6 N–H and O–H groups in total. The van der Waals surface area contributed by atoms with Crippen molar-refractivity contribution in [2.24, 2.45) is 0 Å². The van der Waals surface area contributed by atoms with Gasteiger partial charge in [0.2, 0.25) is 0 Å². The molecule has 2 amide bonds. The number of hydrogen-bond donors (Lipinski definition) is 5. The predicted octanol–water partition coefficient (Wildman–Crippen LogP) is 2.19. The first-order valence-electron chi connectivity index (χ1n) is 13.9. The molecule has 12 nitrogen and oxygen atoms in total. The third-order valence-corrected chi connectivity index (χ3v) is 8.15. The normalized spacial score (nSPS) is 17.1. The highest BCUT2D eigenvalue weighted by atomic mass is 16.4. The lowest BCUT2D eigenvalue weighted by Crippen LogP contribution is -2.38. The number of carbonyl (C=O) groups excluding carboxylic acids is 2. The van der Waals surface area contributed by atoms with Crippen LogP contribution < -0.4 is 32.5 Å². The lowest BCUT2D eigenvalue weighted by molar-refractivity contribution is 0.0696. The number of aromatic nitrogens is 2. The van der Waals surface area contributed by atoms with Gasteiger partial charge in [-0.15, -0.1) is 0 Å². The lowest BCUT2D eigenvalue weighted by Gasteiger charge is -2.28. The van der Waals surface area contributed by atoms with Gasteiger partial charge in [0.15, 0.2) is 0 Å². The summed E-state index contributed by atoms with van der Waals surface area (Å²) in [6.07, 6.45) is 4.99. The number of anilines is 2. The number of nitrogens with two attached hydrogens (primary N) is 1. The van der Waals surface area contributed by atoms with Gasteiger partial charge in [0, 0.05) is 12.6 Å². The van der Waals surface area contributed by atoms with E-state index in [-0.39, 0.29) is 47.0 Å². The molecule has 1 aromatic heterocycles. The maximum absolute atomic E-state index is 13.0. The Bertz CT molecular complexity index is 1860. The third-order valence-electron chi connectivity index (χ3n) is 8.15. The average Bonchev–Trinajstić information content (AvgIpc) is 3.43. The van der Waals surface area contributed by atoms with Gasteiger partial charge in [0.05, 0.1) is 17.6 Å². The number of fused-ring (bicyclic) bond motifs is 2. The number of hydrogen-bond acceptors (Lipinski definition) is 9. The van der Waals surface area contributed by atoms with Gasteiger partial charge in [0.25, 0.3) is 22.7 Å². The molecular formula is C31H28N6O6. The van der Waals surface area contributed by atoms with Crippen LogP contribution in [0.25, 0.3) is 0 Å². The van der Waals surface area contributed by atoms with Crippen LogP contribution in [0.1, 0.15) is 90.5 Å². The van der Waals surface area contributed by atoms with Crippen molar-refractivity contribution in [2.75, 3.05) is 11.1 Å². The Labute approximate surface area is 245 Å². The fourth-order valence-electron chi connectivity index (χ4n) is 5.85. The summed E-state index contributed by atoms with van der Waals surface area (Å²) in [5.41, 5.74) is 9.51. The Morgan fingerprint density at radius 2 is 1.65 bits per heavy atom. The monoisotopic (exact) mass is 580 g/mol. The maximum Gasteiger partial charge on any atom is 0.335 e. The fraction of sp³-hybridized carbons (Fsp3) is 0.258. The highest BCUT2D eigenvalue weighted by molar-refractivity contribution is 5.97. The van der Waals surface area contributed by atoms with E-state index in [1.165, 1.54) is 12.1 Å². The maximum atomic E-state index is 13.0. The van der Waals surface area contributed by atoms with E-state index in [1.807, 2.05) is 18.2 Å². The largest absolute Gasteiger partial charge is 0.478 e. The van der Waals surface area contributed by atoms with Crippen molar-refractivity contribution in [3.05, 3.63) is 114 Å². The van der Waals surface area contributed by atoms with Crippen molar-refractivity contribution in [3.63, 3.8) is 0 Å². The van der Waals surface area contributed by atoms with E-state index < -0.39 is 28.6 Å². The number of nitrogens with one attached hydrogen (secondary N) is 3. The van der Waals surface area contributed by atoms with E-state index in [1.54, 1.807) is 12.1 Å². The smallest absolute Gasteiger partial charge is 0.335 e. The van der Waals surface area contributed by atoms with Crippen LogP contribution in [0.3, 0.4) is 0 Å². The second-order valence-electron chi connectivity index (χ2n) is 10.8. The van der Waals surface area contributed by atoms with E-state index >= 15 is 0 Å². The average molecular weight is 581 g/mol. The fourth-order valence-corrected chi connectivity index (χ4v) is 5.85. The van der Waals surface area contributed by atoms with Crippen molar-refractivity contribution in [3.8, 4) is 0 Å². The molecule has 218 valence electrons. The SMILES string of the molecule is Nc1c(NC2CCCc3ccc(CNC(=O)c4cc(C(=O)N[C@H]5CCc6cc(C(=O)O)ccc65)ncn4)cc32)c(=O)c1=O. The van der Waals surface area contributed by atoms with Crippen molar-refractivity contribution < 1.29 is 19.5 Å². The van der Waals surface area contributed by atoms with Crippen LogP contribution in [-0.4, -0.2) is 32.9 Å². The zero-order valence-corrected chi connectivity index (χ0v) is 23.0. The minimum absolute atomic E-state index is 0.0335. The van der Waals surface area contributed by atoms with Crippen LogP contribution in [0.15, 0.2) is 58.4 Å². The molecule has 0 saturated carbocycles. The van der Waals surface area contributed by atoms with E-state index in [0.29, 0.717) is 12.8 Å². The summed E-state index contributed by atoms with van der Waals surface area (Å²) in [6, 6.07) is 11.6. The Balaban J connectivity index is 1.10. The topological polar surface area (TPSA) is 193 Å². The van der Waals surface area contributed by atoms with Crippen molar-refractivity contribution >= 4 is 29.2 Å². The number of amides is 2. The second kappa shape index (κ2) is 11.1. The molecule has 2 atom stereocenters. The molecule has 0 fully saturated rings. The first-order valence-corrected chi connectivity index (χ1v) is 13.9. The van der Waals surface area contributed by atoms with Gasteiger partial charge in [-0.1, -0.05) is 24.3 Å². The summed E-state index contributed by atoms with van der Waals surface area (Å²) in [5.74, 6) is -1.95. The summed E-state index contributed by atoms with van der Waals surface area (Å²) in [6.45, 7) is 0.198. The third kappa shape index (κ3) is 5.34. The molecule has 43 heavy (non-hydrogen) atoms. The lowest BCUT2D eigenvalue weighted by atomic mass is 9.86. The number of nitrogen functional groups attached to an aromatic ring is 1. The number of carboxylic acid groups (broad SMARTS) is 1. The minimum Gasteiger partial charge on any atom is -0.478 e. The minimum atomic E-state index is -1.00. The van der Waals surface area contributed by atoms with Gasteiger partial charge < -0.3 is 26.8 Å². The molecule has 4 aromatic rings. The number of nitrogens with zero attached hydrogens (tertiary/aromatic N) is 2. The molecule has 0 spiro atoms. The van der Waals surface area contributed by atoms with Gasteiger partial charge in [-0.05, 0) is 72.1 Å². The summed E-state index contributed by atoms with van der Waals surface area (Å²) in [7, 11) is 0. The molecule has 2 aliphatic rings. The zero-order valence-electron chi connectivity index (χ0n) is 23.0. The standard InChI is InChI=1S/C31H28N6O6/c32-25-26(28(39)27(25)38)36-21-3-1-2-16-5-4-15(10-20(16)21)13-33-29(40)23-12-24(35-14-34-23)30(41)37-22-9-7-17-11-18(31(42)43)6-8-19(17)22/h4-6,8,10-12,14,21-22,36H,1-3,7,9,13,32H2,(H,33,40)(H,37,41)(H,42,43)/t21?,22-/m0/s1. The molecule has 0 saturated heterocycles. The van der Waals surface area contributed by atoms with E-state index in [4.69, 9.17) is 5.73 Å². The first kappa shape index (κ1) is 27.8. The van der Waals surface area contributed by atoms with Gasteiger partial charge in [-0.25, -0.2) is 14.8 Å². The molecule has 0 radical (unpaired) electrons. The number of benzene rings is 2. The molecule has 2 aliphatic carbocycles. The Morgan fingerprint density at radius 3 is 2.42 bits per heavy atom. The summed E-state index contributed by atoms with van der Waals surface area (Å²) >= 11 is 0. The second-order valence-corrected chi connectivity index (χ2v) is 10.8. The summed E-state index contributed by atoms with van der Waals surface area (Å²) in [5, 5.41) is 18.1. The molecule has 3 aromatic carbocycles. The van der Waals surface area contributed by atoms with Crippen LogP contribution in [0.4, 0.5) is 11.4 Å². The van der Waals surface area contributed by atoms with E-state index in [9.17, 15) is 29.1 Å². The summed E-state index contributed by atoms with van der Waals surface area (Å²) in [4.78, 5) is 68.7. The number of aromatic carboxylic acids is 1. The van der Waals surface area contributed by atoms with Gasteiger partial charge in [-0.2, -0.15) is 0 Å². The molecular weight excluding hydrogens is 552 g/mol. The van der Waals surface area contributed by atoms with E-state index in [2.05, 4.69) is 25.9 Å². The van der Waals surface area contributed by atoms with Crippen LogP contribution in [0, 0.1) is 0 Å².